The Morgan fingerprint density at radius 2 is 2.57 bits per heavy atom. The average molecular weight is 114 g/mol. The lowest BCUT2D eigenvalue weighted by Gasteiger charge is -1.91. The molecular formula is C5H6OS. The molecule has 0 radical (unpaired) electrons. The lowest BCUT2D eigenvalue weighted by molar-refractivity contribution is 0.440. The molecule has 1 nitrogen and oxygen atoms in total. The van der Waals surface area contributed by atoms with Crippen LogP contribution in [0.2, 0.25) is 0 Å². The fraction of sp³-hybridized carbons (Fsp3) is 0.400. The molecule has 0 fully saturated rings. The number of rotatable bonds is 0. The van der Waals surface area contributed by atoms with Gasteiger partial charge in [-0.25, -0.2) is 0 Å². The van der Waals surface area contributed by atoms with Gasteiger partial charge < -0.3 is 4.74 Å². The van der Waals surface area contributed by atoms with Crippen molar-refractivity contribution in [2.45, 2.75) is 13.3 Å². The summed E-state index contributed by atoms with van der Waals surface area (Å²) in [6.07, 6.45) is 2.80. The normalized spacial score (nSPS) is 19.0. The van der Waals surface area contributed by atoms with Gasteiger partial charge >= 0.3 is 0 Å². The zero-order valence-electron chi connectivity index (χ0n) is 4.10. The molecule has 1 heterocycles. The summed E-state index contributed by atoms with van der Waals surface area (Å²) in [7, 11) is 0. The molecule has 0 aromatic heterocycles. The zero-order chi connectivity index (χ0) is 5.28. The topological polar surface area (TPSA) is 9.23 Å². The molecule has 1 aliphatic rings. The molecule has 38 valence electrons. The first kappa shape index (κ1) is 4.78. The molecule has 0 saturated heterocycles. The van der Waals surface area contributed by atoms with Crippen molar-refractivity contribution in [2.24, 2.45) is 0 Å². The van der Waals surface area contributed by atoms with Crippen LogP contribution in [0.4, 0.5) is 0 Å². The Hall–Kier alpha value is -0.370. The highest BCUT2D eigenvalue weighted by Crippen LogP contribution is 2.09. The van der Waals surface area contributed by atoms with Gasteiger partial charge in [-0.1, -0.05) is 0 Å². The van der Waals surface area contributed by atoms with E-state index in [-0.39, 0.29) is 0 Å². The summed E-state index contributed by atoms with van der Waals surface area (Å²) in [5.41, 5.74) is 0. The van der Waals surface area contributed by atoms with Crippen LogP contribution in [0.3, 0.4) is 0 Å². The van der Waals surface area contributed by atoms with Crippen molar-refractivity contribution in [3.8, 4) is 0 Å². The number of allylic oxidation sites excluding steroid dienone is 1. The summed E-state index contributed by atoms with van der Waals surface area (Å²) >= 11 is 4.72. The van der Waals surface area contributed by atoms with Gasteiger partial charge in [0.15, 0.2) is 5.05 Å². The molecule has 0 amide bonds. The van der Waals surface area contributed by atoms with E-state index in [1.165, 1.54) is 0 Å². The molecule has 0 saturated carbocycles. The van der Waals surface area contributed by atoms with E-state index in [9.17, 15) is 0 Å². The number of hydrogen-bond acceptors (Lipinski definition) is 2. The third-order valence-electron chi connectivity index (χ3n) is 0.831. The first-order valence-electron chi connectivity index (χ1n) is 2.16. The fourth-order valence-electron chi connectivity index (χ4n) is 0.490. The molecule has 1 rings (SSSR count). The van der Waals surface area contributed by atoms with Crippen LogP contribution in [0.5, 0.6) is 0 Å². The van der Waals surface area contributed by atoms with Crippen LogP contribution in [0, 0.1) is 0 Å². The molecule has 0 atom stereocenters. The molecule has 0 spiro atoms. The monoisotopic (exact) mass is 114 g/mol. The van der Waals surface area contributed by atoms with Crippen LogP contribution in [-0.4, -0.2) is 5.05 Å². The Morgan fingerprint density at radius 3 is 2.71 bits per heavy atom. The van der Waals surface area contributed by atoms with Gasteiger partial charge in [0, 0.05) is 6.42 Å². The lowest BCUT2D eigenvalue weighted by atomic mass is 10.4. The van der Waals surface area contributed by atoms with Crippen LogP contribution in [-0.2, 0) is 4.74 Å². The molecule has 7 heavy (non-hydrogen) atoms. The Kier molecular flexibility index (Phi) is 1.11. The Bertz CT molecular complexity index is 126. The minimum Gasteiger partial charge on any atom is -0.455 e. The van der Waals surface area contributed by atoms with E-state index in [0.29, 0.717) is 5.05 Å². The summed E-state index contributed by atoms with van der Waals surface area (Å²) in [6.45, 7) is 1.90. The summed E-state index contributed by atoms with van der Waals surface area (Å²) < 4.78 is 4.95. The van der Waals surface area contributed by atoms with Crippen molar-refractivity contribution in [3.05, 3.63) is 11.8 Å². The summed E-state index contributed by atoms with van der Waals surface area (Å²) in [5.74, 6) is 0.935. The number of hydrogen-bond donors (Lipinski definition) is 0. The average Bonchev–Trinajstić information content (AvgIpc) is 1.87. The quantitative estimate of drug-likeness (QED) is 0.443. The first-order chi connectivity index (χ1) is 3.29. The van der Waals surface area contributed by atoms with Crippen molar-refractivity contribution < 1.29 is 4.74 Å². The highest BCUT2D eigenvalue weighted by Gasteiger charge is 2.03. The smallest absolute Gasteiger partial charge is 0.170 e. The van der Waals surface area contributed by atoms with Crippen LogP contribution in [0.15, 0.2) is 11.8 Å². The molecule has 0 bridgehead atoms. The molecule has 0 N–H and O–H groups in total. The second-order valence-electron chi connectivity index (χ2n) is 1.49. The predicted molar refractivity (Wildman–Crippen MR) is 32.1 cm³/mol. The highest BCUT2D eigenvalue weighted by molar-refractivity contribution is 7.80. The molecule has 0 aromatic rings. The molecule has 0 aliphatic carbocycles. The van der Waals surface area contributed by atoms with E-state index < -0.39 is 0 Å². The fourth-order valence-corrected chi connectivity index (χ4v) is 0.705. The van der Waals surface area contributed by atoms with Gasteiger partial charge in [0.05, 0.1) is 5.76 Å². The van der Waals surface area contributed by atoms with E-state index in [1.807, 2.05) is 13.0 Å². The minimum absolute atomic E-state index is 0.692. The molecular weight excluding hydrogens is 108 g/mol. The second-order valence-corrected chi connectivity index (χ2v) is 1.95. The largest absolute Gasteiger partial charge is 0.455 e. The number of thiocarbonyl (C=S) groups is 1. The lowest BCUT2D eigenvalue weighted by Crippen LogP contribution is -1.86. The van der Waals surface area contributed by atoms with Gasteiger partial charge in [0.1, 0.15) is 0 Å². The second kappa shape index (κ2) is 1.62. The Labute approximate surface area is 48.0 Å². The van der Waals surface area contributed by atoms with Crippen molar-refractivity contribution in [1.29, 1.82) is 0 Å². The summed E-state index contributed by atoms with van der Waals surface area (Å²) in [6, 6.07) is 0. The third kappa shape index (κ3) is 0.996. The van der Waals surface area contributed by atoms with Crippen LogP contribution in [0.1, 0.15) is 13.3 Å². The Morgan fingerprint density at radius 1 is 1.86 bits per heavy atom. The van der Waals surface area contributed by atoms with E-state index in [1.54, 1.807) is 0 Å². The maximum Gasteiger partial charge on any atom is 0.170 e. The van der Waals surface area contributed by atoms with Gasteiger partial charge in [-0.05, 0) is 25.2 Å². The molecule has 1 aliphatic heterocycles. The highest BCUT2D eigenvalue weighted by atomic mass is 32.1. The predicted octanol–water partition coefficient (Wildman–Crippen LogP) is 1.64. The number of ether oxygens (including phenoxy) is 1. The van der Waals surface area contributed by atoms with Gasteiger partial charge in [-0.15, -0.1) is 0 Å². The van der Waals surface area contributed by atoms with Crippen molar-refractivity contribution in [1.82, 2.24) is 0 Å². The van der Waals surface area contributed by atoms with E-state index in [2.05, 4.69) is 0 Å². The maximum atomic E-state index is 4.95. The molecule has 2 heteroatoms. The van der Waals surface area contributed by atoms with Crippen molar-refractivity contribution in [2.75, 3.05) is 0 Å². The van der Waals surface area contributed by atoms with Crippen molar-refractivity contribution >= 4 is 17.3 Å². The zero-order valence-corrected chi connectivity index (χ0v) is 4.92. The van der Waals surface area contributed by atoms with E-state index >= 15 is 0 Å². The maximum absolute atomic E-state index is 4.95. The van der Waals surface area contributed by atoms with Crippen LogP contribution < -0.4 is 0 Å². The SMILES string of the molecule is CC1=CCC(=S)O1. The van der Waals surface area contributed by atoms with Gasteiger partial charge in [0.2, 0.25) is 0 Å². The van der Waals surface area contributed by atoms with E-state index in [0.717, 1.165) is 12.2 Å². The standard InChI is InChI=1S/C5H6OS/c1-4-2-3-5(7)6-4/h2H,3H2,1H3. The minimum atomic E-state index is 0.692. The van der Waals surface area contributed by atoms with Gasteiger partial charge in [0.25, 0.3) is 0 Å². The van der Waals surface area contributed by atoms with Crippen LogP contribution in [0.25, 0.3) is 0 Å². The van der Waals surface area contributed by atoms with Crippen LogP contribution >= 0.6 is 12.2 Å². The summed E-state index contributed by atoms with van der Waals surface area (Å²) in [5, 5.41) is 0.692. The first-order valence-corrected chi connectivity index (χ1v) is 2.57. The molecule has 0 aromatic carbocycles. The third-order valence-corrected chi connectivity index (χ3v) is 1.08. The van der Waals surface area contributed by atoms with Crippen molar-refractivity contribution in [3.63, 3.8) is 0 Å². The molecule has 0 unspecified atom stereocenters. The van der Waals surface area contributed by atoms with Gasteiger partial charge in [-0.2, -0.15) is 0 Å². The van der Waals surface area contributed by atoms with E-state index in [4.69, 9.17) is 17.0 Å². The van der Waals surface area contributed by atoms with Gasteiger partial charge in [-0.3, -0.25) is 0 Å². The summed E-state index contributed by atoms with van der Waals surface area (Å²) in [4.78, 5) is 0. The Balaban J connectivity index is 2.58.